The Bertz CT molecular complexity index is 894. The molecule has 6 nitrogen and oxygen atoms in total. The van der Waals surface area contributed by atoms with Crippen molar-refractivity contribution in [3.05, 3.63) is 29.8 Å². The van der Waals surface area contributed by atoms with Crippen molar-refractivity contribution in [2.45, 2.75) is 45.1 Å². The number of amides is 2. The number of nitrogens with zero attached hydrogens (tertiary/aromatic N) is 2. The molecule has 1 aromatic rings. The van der Waals surface area contributed by atoms with E-state index in [1.54, 1.807) is 12.1 Å². The zero-order chi connectivity index (χ0) is 21.2. The van der Waals surface area contributed by atoms with Crippen LogP contribution in [0.3, 0.4) is 0 Å². The van der Waals surface area contributed by atoms with Crippen LogP contribution in [0.5, 0.6) is 5.75 Å². The van der Waals surface area contributed by atoms with Gasteiger partial charge in [-0.25, -0.2) is 0 Å². The molecule has 6 heteroatoms. The number of carbonyl (C=O) groups excluding carboxylic acids is 2. The molecule has 2 N–H and O–H groups in total. The molecule has 6 rings (SSSR count). The van der Waals surface area contributed by atoms with Crippen LogP contribution >= 0.6 is 0 Å². The quantitative estimate of drug-likeness (QED) is 0.737. The van der Waals surface area contributed by atoms with E-state index in [4.69, 9.17) is 0 Å². The first kappa shape index (κ1) is 19.6. The fraction of sp³-hybridized carbons (Fsp3) is 0.680. The maximum Gasteiger partial charge on any atom is 0.242 e. The van der Waals surface area contributed by atoms with Crippen molar-refractivity contribution in [3.8, 4) is 5.75 Å². The van der Waals surface area contributed by atoms with Gasteiger partial charge in [0.05, 0.1) is 6.54 Å². The lowest BCUT2D eigenvalue weighted by molar-refractivity contribution is -0.245. The number of carbonyl (C=O) groups is 2. The Kier molecular flexibility index (Phi) is 4.40. The zero-order valence-electron chi connectivity index (χ0n) is 18.2. The maximum atomic E-state index is 12.7. The van der Waals surface area contributed by atoms with Gasteiger partial charge in [0.2, 0.25) is 11.8 Å². The molecule has 31 heavy (non-hydrogen) atoms. The molecular formula is C25H33N3O3. The van der Waals surface area contributed by atoms with Gasteiger partial charge in [0.15, 0.2) is 0 Å². The average Bonchev–Trinajstić information content (AvgIpc) is 3.23. The van der Waals surface area contributed by atoms with Gasteiger partial charge in [0.25, 0.3) is 0 Å². The van der Waals surface area contributed by atoms with E-state index in [9.17, 15) is 14.7 Å². The van der Waals surface area contributed by atoms with E-state index in [1.807, 2.05) is 17.0 Å². The van der Waals surface area contributed by atoms with E-state index in [0.717, 1.165) is 43.0 Å². The van der Waals surface area contributed by atoms with E-state index in [0.29, 0.717) is 24.9 Å². The number of nitrogens with one attached hydrogen (secondary N) is 1. The molecule has 0 aromatic heterocycles. The number of hydrogen-bond donors (Lipinski definition) is 2. The van der Waals surface area contributed by atoms with Crippen LogP contribution in [0, 0.1) is 28.6 Å². The Hall–Kier alpha value is -2.08. The highest BCUT2D eigenvalue weighted by Crippen LogP contribution is 2.87. The summed E-state index contributed by atoms with van der Waals surface area (Å²) in [5, 5.41) is 12.4. The number of hydrogen-bond acceptors (Lipinski definition) is 4. The molecule has 1 spiro atoms. The summed E-state index contributed by atoms with van der Waals surface area (Å²) in [4.78, 5) is 29.6. The SMILES string of the molecule is O=C(CC12CC3CC4CC(C1)C42C3)NCC(=O)N1CCN(Cc2ccc(O)cc2)CC1. The zero-order valence-corrected chi connectivity index (χ0v) is 18.2. The van der Waals surface area contributed by atoms with E-state index in [1.165, 1.54) is 32.1 Å². The van der Waals surface area contributed by atoms with Crippen LogP contribution in [-0.2, 0) is 16.1 Å². The maximum absolute atomic E-state index is 12.7. The molecule has 166 valence electrons. The first-order valence-electron chi connectivity index (χ1n) is 12.0. The largest absolute Gasteiger partial charge is 0.508 e. The fourth-order valence-electron chi connectivity index (χ4n) is 8.38. The van der Waals surface area contributed by atoms with E-state index in [2.05, 4.69) is 10.2 Å². The second-order valence-corrected chi connectivity index (χ2v) is 10.9. The average molecular weight is 424 g/mol. The number of piperazine rings is 1. The predicted molar refractivity (Wildman–Crippen MR) is 116 cm³/mol. The number of aromatic hydroxyl groups is 1. The minimum Gasteiger partial charge on any atom is -0.508 e. The molecule has 4 aliphatic carbocycles. The Morgan fingerprint density at radius 1 is 1.00 bits per heavy atom. The van der Waals surface area contributed by atoms with Gasteiger partial charge in [-0.15, -0.1) is 0 Å². The summed E-state index contributed by atoms with van der Waals surface area (Å²) in [6.07, 6.45) is 7.36. The molecule has 1 aliphatic heterocycles. The summed E-state index contributed by atoms with van der Waals surface area (Å²) >= 11 is 0. The smallest absolute Gasteiger partial charge is 0.242 e. The topological polar surface area (TPSA) is 72.9 Å². The summed E-state index contributed by atoms with van der Waals surface area (Å²) < 4.78 is 0. The molecule has 1 heterocycles. The van der Waals surface area contributed by atoms with Gasteiger partial charge in [-0.2, -0.15) is 0 Å². The lowest BCUT2D eigenvalue weighted by Crippen LogP contribution is -2.67. The van der Waals surface area contributed by atoms with Crippen LogP contribution in [0.2, 0.25) is 0 Å². The molecule has 1 saturated heterocycles. The van der Waals surface area contributed by atoms with Crippen molar-refractivity contribution in [1.29, 1.82) is 0 Å². The lowest BCUT2D eigenvalue weighted by atomic mass is 9.31. The second-order valence-electron chi connectivity index (χ2n) is 10.9. The minimum atomic E-state index is 0.0363. The van der Waals surface area contributed by atoms with Gasteiger partial charge in [-0.1, -0.05) is 12.1 Å². The van der Waals surface area contributed by atoms with Crippen LogP contribution in [0.4, 0.5) is 0 Å². The van der Waals surface area contributed by atoms with Crippen LogP contribution in [0.1, 0.15) is 44.1 Å². The molecule has 1 aromatic carbocycles. The van der Waals surface area contributed by atoms with Gasteiger partial charge in [-0.3, -0.25) is 14.5 Å². The van der Waals surface area contributed by atoms with Crippen LogP contribution < -0.4 is 5.32 Å². The van der Waals surface area contributed by atoms with Gasteiger partial charge >= 0.3 is 0 Å². The number of fused-ring (bicyclic) bond motifs is 1. The van der Waals surface area contributed by atoms with Gasteiger partial charge < -0.3 is 15.3 Å². The third-order valence-electron chi connectivity index (χ3n) is 9.58. The van der Waals surface area contributed by atoms with Crippen molar-refractivity contribution in [1.82, 2.24) is 15.1 Å². The molecule has 2 bridgehead atoms. The molecule has 4 saturated carbocycles. The van der Waals surface area contributed by atoms with Crippen molar-refractivity contribution >= 4 is 11.8 Å². The molecule has 5 unspecified atom stereocenters. The second kappa shape index (κ2) is 6.96. The first-order valence-corrected chi connectivity index (χ1v) is 12.0. The first-order chi connectivity index (χ1) is 15.0. The van der Waals surface area contributed by atoms with Crippen molar-refractivity contribution in [2.24, 2.45) is 28.6 Å². The van der Waals surface area contributed by atoms with Crippen molar-refractivity contribution in [3.63, 3.8) is 0 Å². The third kappa shape index (κ3) is 2.94. The van der Waals surface area contributed by atoms with E-state index >= 15 is 0 Å². The molecule has 0 radical (unpaired) electrons. The van der Waals surface area contributed by atoms with Crippen molar-refractivity contribution in [2.75, 3.05) is 32.7 Å². The summed E-state index contributed by atoms with van der Waals surface area (Å²) in [6.45, 7) is 4.02. The summed E-state index contributed by atoms with van der Waals surface area (Å²) in [5.41, 5.74) is 1.96. The van der Waals surface area contributed by atoms with Crippen LogP contribution in [0.15, 0.2) is 24.3 Å². The predicted octanol–water partition coefficient (Wildman–Crippen LogP) is 2.37. The summed E-state index contributed by atoms with van der Waals surface area (Å²) in [5.74, 6) is 3.07. The minimum absolute atomic E-state index is 0.0363. The summed E-state index contributed by atoms with van der Waals surface area (Å²) in [6, 6.07) is 7.30. The highest BCUT2D eigenvalue weighted by Gasteiger charge is 2.80. The Balaban J connectivity index is 0.953. The Morgan fingerprint density at radius 3 is 2.48 bits per heavy atom. The molecule has 2 amide bonds. The molecule has 5 atom stereocenters. The number of phenolic OH excluding ortho intramolecular Hbond substituents is 1. The molecule has 5 fully saturated rings. The standard InChI is InChI=1S/C25H33N3O3/c29-21-3-1-17(2-4-21)16-27-5-7-28(8-6-27)23(31)15-26-22(30)14-24-11-18-9-19-10-20(13-24)25(19,24)12-18/h1-4,18-20,29H,5-16H2,(H,26,30). The lowest BCUT2D eigenvalue weighted by Gasteiger charge is -2.73. The monoisotopic (exact) mass is 423 g/mol. The molecule has 5 aliphatic rings. The highest BCUT2D eigenvalue weighted by molar-refractivity contribution is 5.85. The number of phenols is 1. The third-order valence-corrected chi connectivity index (χ3v) is 9.58. The van der Waals surface area contributed by atoms with Gasteiger partial charge in [-0.05, 0) is 78.4 Å². The van der Waals surface area contributed by atoms with Gasteiger partial charge in [0, 0.05) is 39.1 Å². The van der Waals surface area contributed by atoms with Crippen LogP contribution in [-0.4, -0.2) is 59.4 Å². The number of benzene rings is 1. The van der Waals surface area contributed by atoms with Crippen molar-refractivity contribution < 1.29 is 14.7 Å². The highest BCUT2D eigenvalue weighted by atomic mass is 16.3. The van der Waals surface area contributed by atoms with Gasteiger partial charge in [0.1, 0.15) is 5.75 Å². The summed E-state index contributed by atoms with van der Waals surface area (Å²) in [7, 11) is 0. The molecular weight excluding hydrogens is 390 g/mol. The normalized spacial score (nSPS) is 37.7. The van der Waals surface area contributed by atoms with E-state index < -0.39 is 0 Å². The number of rotatable bonds is 6. The Labute approximate surface area is 184 Å². The Morgan fingerprint density at radius 2 is 1.77 bits per heavy atom. The van der Waals surface area contributed by atoms with E-state index in [-0.39, 0.29) is 29.5 Å². The van der Waals surface area contributed by atoms with Crippen LogP contribution in [0.25, 0.3) is 0 Å². The fourth-order valence-corrected chi connectivity index (χ4v) is 8.38.